The molecule has 2 heterocycles. The smallest absolute Gasteiger partial charge is 0.372 e. The van der Waals surface area contributed by atoms with Gasteiger partial charge in [-0.2, -0.15) is 0 Å². The molecule has 12 heteroatoms. The number of azo groups is 1. The third-order valence-corrected chi connectivity index (χ3v) is 6.26. The molecular weight excluding hydrogens is 425 g/mol. The van der Waals surface area contributed by atoms with Crippen LogP contribution in [0.1, 0.15) is 25.3 Å². The van der Waals surface area contributed by atoms with Gasteiger partial charge >= 0.3 is 6.30 Å². The molecule has 0 atom stereocenters. The number of amides is 1. The van der Waals surface area contributed by atoms with Crippen LogP contribution in [-0.2, 0) is 11.2 Å². The first-order chi connectivity index (χ1) is 13.9. The van der Waals surface area contributed by atoms with Gasteiger partial charge in [0.1, 0.15) is 5.69 Å². The Hall–Kier alpha value is -2.21. The molecule has 7 nitrogen and oxygen atoms in total. The maximum atomic E-state index is 13.5. The Morgan fingerprint density at radius 2 is 2.10 bits per heavy atom. The zero-order chi connectivity index (χ0) is 21.0. The highest BCUT2D eigenvalue weighted by Crippen LogP contribution is 2.42. The number of aryl methyl sites for hydroxylation is 1. The lowest BCUT2D eigenvalue weighted by molar-refractivity contribution is -0.141. The van der Waals surface area contributed by atoms with E-state index in [1.165, 1.54) is 29.2 Å². The molecule has 1 amide bonds. The molecule has 156 valence electrons. The van der Waals surface area contributed by atoms with E-state index in [9.17, 15) is 18.0 Å². The number of hydrogen-bond donors (Lipinski definition) is 0. The Kier molecular flexibility index (Phi) is 6.73. The lowest BCUT2D eigenvalue weighted by Crippen LogP contribution is -2.37. The summed E-state index contributed by atoms with van der Waals surface area (Å²) < 4.78 is 41.1. The molecule has 1 aliphatic rings. The zero-order valence-electron chi connectivity index (χ0n) is 15.8. The third-order valence-electron chi connectivity index (χ3n) is 4.47. The normalized spacial score (nSPS) is 14.7. The second-order valence-electron chi connectivity index (χ2n) is 6.20. The largest absolute Gasteiger partial charge is 0.491 e. The SMILES string of the molecule is CCN1CCCCc2cc(N=Nc3nnc(SC)s3)c(N(C=O)C(F)(F)F)cc21. The van der Waals surface area contributed by atoms with Gasteiger partial charge in [-0.25, -0.2) is 4.90 Å². The molecule has 0 saturated carbocycles. The van der Waals surface area contributed by atoms with E-state index in [0.29, 0.717) is 16.6 Å². The fourth-order valence-electron chi connectivity index (χ4n) is 3.12. The lowest BCUT2D eigenvalue weighted by atomic mass is 10.0. The molecule has 0 bridgehead atoms. The highest BCUT2D eigenvalue weighted by Gasteiger charge is 2.39. The Morgan fingerprint density at radius 3 is 2.72 bits per heavy atom. The van der Waals surface area contributed by atoms with Crippen LogP contribution in [0, 0.1) is 0 Å². The van der Waals surface area contributed by atoms with Gasteiger partial charge in [0.15, 0.2) is 4.34 Å². The standard InChI is InChI=1S/C17H19F3N6OS2/c1-3-25-7-5-4-6-11-8-12(21-22-15-23-24-16(28-2)29-15)14(9-13(11)25)26(10-27)17(18,19)20/h8-10H,3-7H2,1-2H3. The number of thioether (sulfide) groups is 1. The van der Waals surface area contributed by atoms with E-state index >= 15 is 0 Å². The van der Waals surface area contributed by atoms with E-state index in [1.54, 1.807) is 6.07 Å². The van der Waals surface area contributed by atoms with Crippen molar-refractivity contribution in [3.63, 3.8) is 0 Å². The quantitative estimate of drug-likeness (QED) is 0.261. The number of nitrogens with zero attached hydrogens (tertiary/aromatic N) is 6. The number of benzene rings is 1. The fraction of sp³-hybridized carbons (Fsp3) is 0.471. The highest BCUT2D eigenvalue weighted by molar-refractivity contribution is 8.00. The number of carbonyl (C=O) groups excluding carboxylic acids is 1. The van der Waals surface area contributed by atoms with Gasteiger partial charge in [0.25, 0.3) is 5.13 Å². The average Bonchev–Trinajstić information content (AvgIpc) is 3.05. The minimum absolute atomic E-state index is 0.0352. The monoisotopic (exact) mass is 444 g/mol. The summed E-state index contributed by atoms with van der Waals surface area (Å²) in [7, 11) is 0. The number of alkyl halides is 3. The van der Waals surface area contributed by atoms with Crippen molar-refractivity contribution in [1.29, 1.82) is 0 Å². The van der Waals surface area contributed by atoms with Gasteiger partial charge in [-0.1, -0.05) is 23.1 Å². The van der Waals surface area contributed by atoms with E-state index < -0.39 is 6.30 Å². The minimum atomic E-state index is -4.88. The number of carbonyl (C=O) groups is 1. The van der Waals surface area contributed by atoms with Crippen molar-refractivity contribution in [2.45, 2.75) is 36.8 Å². The fourth-order valence-corrected chi connectivity index (χ4v) is 4.20. The van der Waals surface area contributed by atoms with E-state index in [-0.39, 0.29) is 27.8 Å². The summed E-state index contributed by atoms with van der Waals surface area (Å²) in [6.07, 6.45) is -0.716. The summed E-state index contributed by atoms with van der Waals surface area (Å²) >= 11 is 2.56. The van der Waals surface area contributed by atoms with Crippen molar-refractivity contribution < 1.29 is 18.0 Å². The van der Waals surface area contributed by atoms with Crippen LogP contribution in [0.15, 0.2) is 26.7 Å². The van der Waals surface area contributed by atoms with Crippen molar-refractivity contribution >= 4 is 51.7 Å². The number of rotatable bonds is 6. The van der Waals surface area contributed by atoms with Crippen molar-refractivity contribution in [3.8, 4) is 0 Å². The molecule has 1 aromatic heterocycles. The number of halogens is 3. The Labute approximate surface area is 174 Å². The molecule has 3 rings (SSSR count). The average molecular weight is 445 g/mol. The molecule has 1 aromatic carbocycles. The molecule has 0 aliphatic carbocycles. The van der Waals surface area contributed by atoms with Crippen LogP contribution in [0.25, 0.3) is 0 Å². The Morgan fingerprint density at radius 1 is 1.31 bits per heavy atom. The van der Waals surface area contributed by atoms with Crippen LogP contribution in [0.4, 0.5) is 35.4 Å². The highest BCUT2D eigenvalue weighted by atomic mass is 32.2. The molecule has 0 saturated heterocycles. The minimum Gasteiger partial charge on any atom is -0.372 e. The molecular formula is C17H19F3N6OS2. The molecule has 2 aromatic rings. The predicted molar refractivity (Wildman–Crippen MR) is 108 cm³/mol. The van der Waals surface area contributed by atoms with E-state index in [4.69, 9.17) is 0 Å². The Bertz CT molecular complexity index is 902. The van der Waals surface area contributed by atoms with Crippen LogP contribution in [0.2, 0.25) is 0 Å². The van der Waals surface area contributed by atoms with Crippen LogP contribution in [0.5, 0.6) is 0 Å². The van der Waals surface area contributed by atoms with Crippen LogP contribution >= 0.6 is 23.1 Å². The molecule has 0 radical (unpaired) electrons. The summed E-state index contributed by atoms with van der Waals surface area (Å²) in [6, 6.07) is 2.97. The molecule has 0 spiro atoms. The van der Waals surface area contributed by atoms with E-state index in [2.05, 4.69) is 20.4 Å². The zero-order valence-corrected chi connectivity index (χ0v) is 17.4. The van der Waals surface area contributed by atoms with Crippen LogP contribution in [0.3, 0.4) is 0 Å². The lowest BCUT2D eigenvalue weighted by Gasteiger charge is -2.27. The first-order valence-electron chi connectivity index (χ1n) is 8.89. The van der Waals surface area contributed by atoms with Gasteiger partial charge in [-0.05, 0) is 50.1 Å². The van der Waals surface area contributed by atoms with Gasteiger partial charge in [0, 0.05) is 18.8 Å². The second-order valence-corrected chi connectivity index (χ2v) is 8.21. The van der Waals surface area contributed by atoms with Gasteiger partial charge in [-0.15, -0.1) is 33.6 Å². The topological polar surface area (TPSA) is 74.1 Å². The number of fused-ring (bicyclic) bond motifs is 1. The molecule has 29 heavy (non-hydrogen) atoms. The third kappa shape index (κ3) is 4.86. The maximum Gasteiger partial charge on any atom is 0.491 e. The second kappa shape index (κ2) is 9.08. The van der Waals surface area contributed by atoms with E-state index in [0.717, 1.165) is 31.4 Å². The summed E-state index contributed by atoms with van der Waals surface area (Å²) in [5.41, 5.74) is 1.18. The van der Waals surface area contributed by atoms with Gasteiger partial charge in [0.05, 0.1) is 5.69 Å². The molecule has 0 N–H and O–H groups in total. The summed E-state index contributed by atoms with van der Waals surface area (Å²) in [5, 5.41) is 15.9. The van der Waals surface area contributed by atoms with Crippen molar-refractivity contribution in [1.82, 2.24) is 10.2 Å². The number of aromatic nitrogens is 2. The maximum absolute atomic E-state index is 13.5. The first-order valence-corrected chi connectivity index (χ1v) is 10.9. The van der Waals surface area contributed by atoms with Gasteiger partial charge in [-0.3, -0.25) is 4.79 Å². The molecule has 0 unspecified atom stereocenters. The predicted octanol–water partition coefficient (Wildman–Crippen LogP) is 5.32. The van der Waals surface area contributed by atoms with Crippen LogP contribution in [-0.4, -0.2) is 42.3 Å². The summed E-state index contributed by atoms with van der Waals surface area (Å²) in [6.45, 7) is 3.35. The first kappa shape index (κ1) is 21.5. The van der Waals surface area contributed by atoms with Gasteiger partial charge in [0.2, 0.25) is 6.41 Å². The Balaban J connectivity index is 2.11. The summed E-state index contributed by atoms with van der Waals surface area (Å²) in [5.74, 6) is 0. The van der Waals surface area contributed by atoms with Crippen molar-refractivity contribution in [2.24, 2.45) is 10.2 Å². The number of anilines is 2. The molecule has 1 aliphatic heterocycles. The van der Waals surface area contributed by atoms with Crippen molar-refractivity contribution in [2.75, 3.05) is 29.1 Å². The van der Waals surface area contributed by atoms with Gasteiger partial charge < -0.3 is 4.90 Å². The number of hydrogen-bond acceptors (Lipinski definition) is 8. The van der Waals surface area contributed by atoms with E-state index in [1.807, 2.05) is 18.1 Å². The molecule has 0 fully saturated rings. The van der Waals surface area contributed by atoms with Crippen LogP contribution < -0.4 is 9.80 Å². The van der Waals surface area contributed by atoms with Crippen molar-refractivity contribution in [3.05, 3.63) is 17.7 Å². The summed E-state index contributed by atoms with van der Waals surface area (Å²) in [4.78, 5) is 13.1.